The average Bonchev–Trinajstić information content (AvgIpc) is 2.53. The van der Waals surface area contributed by atoms with Crippen LogP contribution in [0.25, 0.3) is 10.8 Å². The highest BCUT2D eigenvalue weighted by Crippen LogP contribution is 2.27. The normalized spacial score (nSPS) is 16.2. The molecule has 112 valence electrons. The van der Waals surface area contributed by atoms with Crippen LogP contribution < -0.4 is 4.74 Å². The van der Waals surface area contributed by atoms with Crippen molar-refractivity contribution in [1.82, 2.24) is 4.90 Å². The zero-order chi connectivity index (χ0) is 14.5. The number of rotatable bonds is 5. The molecular formula is C17H21NO2S. The molecule has 1 aliphatic rings. The summed E-state index contributed by atoms with van der Waals surface area (Å²) in [5.74, 6) is 0.949. The van der Waals surface area contributed by atoms with Crippen LogP contribution in [0.2, 0.25) is 0 Å². The van der Waals surface area contributed by atoms with E-state index in [1.54, 1.807) is 0 Å². The van der Waals surface area contributed by atoms with Gasteiger partial charge in [-0.2, -0.15) is 0 Å². The molecule has 1 fully saturated rings. The van der Waals surface area contributed by atoms with Crippen LogP contribution in [0.3, 0.4) is 0 Å². The number of benzene rings is 2. The van der Waals surface area contributed by atoms with Gasteiger partial charge in [-0.05, 0) is 30.0 Å². The van der Waals surface area contributed by atoms with Gasteiger partial charge in [-0.3, -0.25) is 4.90 Å². The molecule has 1 aliphatic heterocycles. The van der Waals surface area contributed by atoms with Crippen LogP contribution in [0, 0.1) is 0 Å². The molecule has 2 aromatic carbocycles. The van der Waals surface area contributed by atoms with Gasteiger partial charge in [0, 0.05) is 29.9 Å². The van der Waals surface area contributed by atoms with Gasteiger partial charge in [-0.15, -0.1) is 12.6 Å². The lowest BCUT2D eigenvalue weighted by Gasteiger charge is -2.26. The Morgan fingerprint density at radius 3 is 2.86 bits per heavy atom. The minimum Gasteiger partial charge on any atom is -0.493 e. The molecule has 0 atom stereocenters. The SMILES string of the molecule is Sc1ccc2cccc(OCCCN3CCOCC3)c2c1. The third-order valence-corrected chi connectivity index (χ3v) is 4.08. The van der Waals surface area contributed by atoms with Gasteiger partial charge in [-0.1, -0.05) is 18.2 Å². The maximum atomic E-state index is 5.97. The standard InChI is InChI=1S/C17H21NO2S/c21-15-6-5-14-3-1-4-17(16(14)13-15)20-10-2-7-18-8-11-19-12-9-18/h1,3-6,13,21H,2,7-12H2. The zero-order valence-electron chi connectivity index (χ0n) is 12.1. The van der Waals surface area contributed by atoms with Gasteiger partial charge in [0.1, 0.15) is 5.75 Å². The molecule has 0 bridgehead atoms. The Kier molecular flexibility index (Phi) is 5.01. The van der Waals surface area contributed by atoms with Crippen molar-refractivity contribution in [2.24, 2.45) is 0 Å². The monoisotopic (exact) mass is 303 g/mol. The molecule has 21 heavy (non-hydrogen) atoms. The predicted octanol–water partition coefficient (Wildman–Crippen LogP) is 3.23. The molecule has 0 saturated carbocycles. The lowest BCUT2D eigenvalue weighted by Crippen LogP contribution is -2.37. The van der Waals surface area contributed by atoms with E-state index in [1.165, 1.54) is 5.39 Å². The first-order chi connectivity index (χ1) is 10.3. The van der Waals surface area contributed by atoms with Gasteiger partial charge in [-0.25, -0.2) is 0 Å². The minimum atomic E-state index is 0.743. The quantitative estimate of drug-likeness (QED) is 0.677. The number of ether oxygens (including phenoxy) is 2. The molecule has 3 rings (SSSR count). The summed E-state index contributed by atoms with van der Waals surface area (Å²) in [5.41, 5.74) is 0. The third kappa shape index (κ3) is 3.90. The Morgan fingerprint density at radius 1 is 1.14 bits per heavy atom. The van der Waals surface area contributed by atoms with Gasteiger partial charge in [0.15, 0.2) is 0 Å². The summed E-state index contributed by atoms with van der Waals surface area (Å²) in [6.45, 7) is 5.61. The van der Waals surface area contributed by atoms with Crippen LogP contribution in [0.15, 0.2) is 41.3 Å². The van der Waals surface area contributed by atoms with E-state index in [2.05, 4.69) is 35.7 Å². The van der Waals surface area contributed by atoms with E-state index in [-0.39, 0.29) is 0 Å². The minimum absolute atomic E-state index is 0.743. The highest BCUT2D eigenvalue weighted by Gasteiger charge is 2.09. The van der Waals surface area contributed by atoms with E-state index < -0.39 is 0 Å². The first kappa shape index (κ1) is 14.7. The van der Waals surface area contributed by atoms with Crippen molar-refractivity contribution in [1.29, 1.82) is 0 Å². The molecule has 0 aromatic heterocycles. The van der Waals surface area contributed by atoms with Crippen molar-refractivity contribution in [2.75, 3.05) is 39.5 Å². The first-order valence-electron chi connectivity index (χ1n) is 7.47. The van der Waals surface area contributed by atoms with Gasteiger partial charge in [0.25, 0.3) is 0 Å². The van der Waals surface area contributed by atoms with E-state index in [9.17, 15) is 0 Å². The third-order valence-electron chi connectivity index (χ3n) is 3.81. The number of hydrogen-bond acceptors (Lipinski definition) is 4. The fourth-order valence-corrected chi connectivity index (χ4v) is 2.86. The number of fused-ring (bicyclic) bond motifs is 1. The first-order valence-corrected chi connectivity index (χ1v) is 7.92. The summed E-state index contributed by atoms with van der Waals surface area (Å²) in [6.07, 6.45) is 1.04. The Hall–Kier alpha value is -1.23. The lowest BCUT2D eigenvalue weighted by atomic mass is 10.1. The maximum absolute atomic E-state index is 5.97. The smallest absolute Gasteiger partial charge is 0.127 e. The van der Waals surface area contributed by atoms with Crippen LogP contribution >= 0.6 is 12.6 Å². The van der Waals surface area contributed by atoms with Gasteiger partial charge in [0.05, 0.1) is 19.8 Å². The fraction of sp³-hybridized carbons (Fsp3) is 0.412. The summed E-state index contributed by atoms with van der Waals surface area (Å²) in [5, 5.41) is 2.33. The van der Waals surface area contributed by atoms with Gasteiger partial charge < -0.3 is 9.47 Å². The average molecular weight is 303 g/mol. The summed E-state index contributed by atoms with van der Waals surface area (Å²) in [7, 11) is 0. The highest BCUT2D eigenvalue weighted by molar-refractivity contribution is 7.80. The Balaban J connectivity index is 1.56. The van der Waals surface area contributed by atoms with E-state index in [1.807, 2.05) is 18.2 Å². The Labute approximate surface area is 131 Å². The van der Waals surface area contributed by atoms with Crippen LogP contribution in [0.1, 0.15) is 6.42 Å². The van der Waals surface area contributed by atoms with Crippen LogP contribution in [0.4, 0.5) is 0 Å². The predicted molar refractivity (Wildman–Crippen MR) is 88.6 cm³/mol. The molecule has 0 aliphatic carbocycles. The zero-order valence-corrected chi connectivity index (χ0v) is 13.0. The summed E-state index contributed by atoms with van der Waals surface area (Å²) >= 11 is 4.41. The molecule has 4 heteroatoms. The molecule has 0 radical (unpaired) electrons. The van der Waals surface area contributed by atoms with Crippen LogP contribution in [0.5, 0.6) is 5.75 Å². The fourth-order valence-electron chi connectivity index (χ4n) is 2.65. The van der Waals surface area contributed by atoms with Crippen molar-refractivity contribution in [3.8, 4) is 5.75 Å². The largest absolute Gasteiger partial charge is 0.493 e. The van der Waals surface area contributed by atoms with Crippen molar-refractivity contribution in [2.45, 2.75) is 11.3 Å². The summed E-state index contributed by atoms with van der Waals surface area (Å²) in [4.78, 5) is 3.40. The molecule has 1 saturated heterocycles. The van der Waals surface area contributed by atoms with Gasteiger partial charge in [0.2, 0.25) is 0 Å². The van der Waals surface area contributed by atoms with E-state index >= 15 is 0 Å². The van der Waals surface area contributed by atoms with Crippen molar-refractivity contribution >= 4 is 23.4 Å². The van der Waals surface area contributed by atoms with Crippen LogP contribution in [-0.2, 0) is 4.74 Å². The second-order valence-corrected chi connectivity index (χ2v) is 5.83. The number of thiol groups is 1. The van der Waals surface area contributed by atoms with Crippen LogP contribution in [-0.4, -0.2) is 44.4 Å². The second kappa shape index (κ2) is 7.16. The molecular weight excluding hydrogens is 282 g/mol. The topological polar surface area (TPSA) is 21.7 Å². The maximum Gasteiger partial charge on any atom is 0.127 e. The molecule has 0 spiro atoms. The van der Waals surface area contributed by atoms with Crippen molar-refractivity contribution in [3.63, 3.8) is 0 Å². The second-order valence-electron chi connectivity index (χ2n) is 5.32. The molecule has 3 nitrogen and oxygen atoms in total. The molecule has 0 amide bonds. The number of nitrogens with zero attached hydrogens (tertiary/aromatic N) is 1. The van der Waals surface area contributed by atoms with E-state index in [0.29, 0.717) is 0 Å². The van der Waals surface area contributed by atoms with E-state index in [4.69, 9.17) is 9.47 Å². The van der Waals surface area contributed by atoms with Crippen molar-refractivity contribution < 1.29 is 9.47 Å². The number of hydrogen-bond donors (Lipinski definition) is 1. The summed E-state index contributed by atoms with van der Waals surface area (Å²) < 4.78 is 11.3. The molecule has 2 aromatic rings. The van der Waals surface area contributed by atoms with Gasteiger partial charge >= 0.3 is 0 Å². The lowest BCUT2D eigenvalue weighted by molar-refractivity contribution is 0.0358. The Morgan fingerprint density at radius 2 is 2.00 bits per heavy atom. The number of morpholine rings is 1. The summed E-state index contributed by atoms with van der Waals surface area (Å²) in [6, 6.07) is 12.3. The molecule has 0 unspecified atom stereocenters. The molecule has 1 heterocycles. The van der Waals surface area contributed by atoms with E-state index in [0.717, 1.165) is 61.9 Å². The van der Waals surface area contributed by atoms with Crippen molar-refractivity contribution in [3.05, 3.63) is 36.4 Å². The Bertz CT molecular complexity index is 596. The molecule has 0 N–H and O–H groups in total. The highest BCUT2D eigenvalue weighted by atomic mass is 32.1.